The summed E-state index contributed by atoms with van der Waals surface area (Å²) < 4.78 is 34.3. The molecule has 0 spiro atoms. The highest BCUT2D eigenvalue weighted by Gasteiger charge is 2.31. The summed E-state index contributed by atoms with van der Waals surface area (Å²) >= 11 is 1.25. The maximum Gasteiger partial charge on any atom is 0.353 e. The molecule has 2 aliphatic rings. The number of sulfone groups is 1. The standard InChI is InChI=1S/C22H30N6O6S.C22H30N6O4S.CH3B.BH2P/c1-3-34-18(29)9-12-27(15-17-8-6-7-16(13-17)14-26-10-4-5-11-26)21-19(28(30)31)20(23)24-22(25-21)35(2,32)33;1-3-32-18(29)9-12-27(21-19(28(30)31)20(23)24-22(25-21)33-2)15-17-8-6-7-16(13-17)14-26-10-4-5-11-26;2*1-2/h6-8,13H,3-5,9-12,14-15H2,1-2H3,(H2,23,24,25);6-8,13H,3-5,9-12,14-15H2,1-2H3,(H2,23,24,25);1H3;2H2. The molecule has 4 radical (unpaired) electrons. The number of nitro groups is 2. The number of hydrogen-bond acceptors (Lipinski definition) is 21. The van der Waals surface area contributed by atoms with Gasteiger partial charge in [-0.1, -0.05) is 67.1 Å². The molecule has 4 N–H and O–H groups in total. The Morgan fingerprint density at radius 2 is 1.11 bits per heavy atom. The van der Waals surface area contributed by atoms with Crippen LogP contribution in [0.15, 0.2) is 58.8 Å². The van der Waals surface area contributed by atoms with E-state index in [0.29, 0.717) is 11.7 Å². The van der Waals surface area contributed by atoms with Crippen LogP contribution in [0.5, 0.6) is 0 Å². The summed E-state index contributed by atoms with van der Waals surface area (Å²) in [6.07, 6.45) is 7.42. The second-order valence-corrected chi connectivity index (χ2v) is 18.9. The van der Waals surface area contributed by atoms with Crippen molar-refractivity contribution in [2.45, 2.75) is 95.7 Å². The van der Waals surface area contributed by atoms with Gasteiger partial charge in [-0.3, -0.25) is 39.6 Å². The number of nitrogens with zero attached hydrogens (tertiary/aromatic N) is 10. The zero-order chi connectivity index (χ0) is 53.4. The lowest BCUT2D eigenvalue weighted by Gasteiger charge is -2.24. The molecule has 0 amide bonds. The van der Waals surface area contributed by atoms with Crippen LogP contribution in [-0.4, -0.2) is 140 Å². The average molecular weight is 1050 g/mol. The fourth-order valence-corrected chi connectivity index (χ4v) is 8.74. The highest BCUT2D eigenvalue weighted by Crippen LogP contribution is 2.35. The van der Waals surface area contributed by atoms with Crippen molar-refractivity contribution in [2.75, 3.05) is 86.3 Å². The Kier molecular flexibility index (Phi) is 26.1. The van der Waals surface area contributed by atoms with Crippen molar-refractivity contribution in [2.24, 2.45) is 0 Å². The molecule has 0 saturated carbocycles. The number of anilines is 4. The first-order chi connectivity index (χ1) is 34.5. The van der Waals surface area contributed by atoms with E-state index in [-0.39, 0.29) is 74.8 Å². The van der Waals surface area contributed by atoms with Gasteiger partial charge in [-0.2, -0.15) is 29.1 Å². The summed E-state index contributed by atoms with van der Waals surface area (Å²) in [5, 5.41) is 23.3. The molecule has 6 rings (SSSR count). The fourth-order valence-electron chi connectivity index (χ4n) is 7.86. The van der Waals surface area contributed by atoms with Gasteiger partial charge in [0.05, 0.1) is 51.3 Å². The molecule has 2 aromatic carbocycles. The SMILES string of the molecule is CCOC(=O)CCN(Cc1cccc(CN2CCCC2)c1)c1nc(S(C)(=O)=O)nc(N)c1[N+](=O)[O-].CCOC(=O)CCN(Cc1cccc(CN2CCCC2)c1)c1nc(SC)nc(N)c1[N+](=O)[O-].[B]C.[B]P. The van der Waals surface area contributed by atoms with Crippen LogP contribution >= 0.6 is 20.9 Å². The second kappa shape index (κ2) is 31.0. The van der Waals surface area contributed by atoms with Crippen LogP contribution in [0.2, 0.25) is 6.82 Å². The van der Waals surface area contributed by atoms with Crippen LogP contribution in [0.1, 0.15) is 74.6 Å². The van der Waals surface area contributed by atoms with Gasteiger partial charge in [0.15, 0.2) is 5.16 Å². The van der Waals surface area contributed by atoms with E-state index in [1.165, 1.54) is 54.7 Å². The lowest BCUT2D eigenvalue weighted by atomic mass is 10.1. The maximum absolute atomic E-state index is 12.1. The number of nitrogens with two attached hydrogens (primary N) is 2. The topological polar surface area (TPSA) is 290 Å². The number of hydrogen-bond donors (Lipinski definition) is 2. The number of thioether (sulfide) groups is 1. The van der Waals surface area contributed by atoms with Crippen LogP contribution < -0.4 is 21.3 Å². The van der Waals surface area contributed by atoms with E-state index >= 15 is 0 Å². The molecule has 2 saturated heterocycles. The van der Waals surface area contributed by atoms with Crippen LogP contribution in [0.25, 0.3) is 0 Å². The van der Waals surface area contributed by atoms with E-state index in [0.717, 1.165) is 62.2 Å². The van der Waals surface area contributed by atoms with Gasteiger partial charge in [0.2, 0.25) is 33.1 Å². The largest absolute Gasteiger partial charge is 0.466 e. The van der Waals surface area contributed by atoms with Crippen molar-refractivity contribution in [3.05, 3.63) is 91.0 Å². The van der Waals surface area contributed by atoms with Crippen LogP contribution in [0.3, 0.4) is 0 Å². The zero-order valence-corrected chi connectivity index (χ0v) is 44.4. The van der Waals surface area contributed by atoms with Crippen molar-refractivity contribution in [3.8, 4) is 0 Å². The predicted octanol–water partition coefficient (Wildman–Crippen LogP) is 5.32. The zero-order valence-electron chi connectivity index (χ0n) is 41.6. The Hall–Kier alpha value is -5.68. The summed E-state index contributed by atoms with van der Waals surface area (Å²) in [5.41, 5.74) is 14.8. The third kappa shape index (κ3) is 19.1. The first-order valence-corrected chi connectivity index (χ1v) is 27.0. The average Bonchev–Trinajstić information content (AvgIpc) is 4.07. The second-order valence-electron chi connectivity index (χ2n) is 16.2. The molecular formula is C45H65B2N12O10PS2. The molecule has 72 heavy (non-hydrogen) atoms. The Morgan fingerprint density at radius 1 is 0.722 bits per heavy atom. The number of likely N-dealkylation sites (tertiary alicyclic amines) is 2. The number of carbonyl (C=O) groups excluding carboxylic acids is 2. The molecule has 2 aliphatic heterocycles. The summed E-state index contributed by atoms with van der Waals surface area (Å²) in [5.74, 6) is -1.79. The molecule has 1 unspecified atom stereocenters. The lowest BCUT2D eigenvalue weighted by molar-refractivity contribution is -0.383. The molecule has 2 aromatic heterocycles. The minimum atomic E-state index is -3.91. The minimum absolute atomic E-state index is 0.00428. The molecule has 22 nitrogen and oxygen atoms in total. The van der Waals surface area contributed by atoms with Crippen molar-refractivity contribution < 1.29 is 37.3 Å². The summed E-state index contributed by atoms with van der Waals surface area (Å²) in [4.78, 5) is 70.4. The normalized spacial score (nSPS) is 13.3. The monoisotopic (exact) mass is 1050 g/mol. The third-order valence-corrected chi connectivity index (χ3v) is 12.3. The number of aromatic nitrogens is 4. The van der Waals surface area contributed by atoms with Gasteiger partial charge in [0.25, 0.3) is 5.16 Å². The smallest absolute Gasteiger partial charge is 0.353 e. The summed E-state index contributed by atoms with van der Waals surface area (Å²) in [6, 6.07) is 15.9. The number of nitrogen functional groups attached to an aromatic ring is 2. The van der Waals surface area contributed by atoms with Gasteiger partial charge in [0, 0.05) is 45.5 Å². The first kappa shape index (κ1) is 60.6. The number of esters is 2. The first-order valence-electron chi connectivity index (χ1n) is 23.2. The fraction of sp³-hybridized carbons (Fsp3) is 0.511. The van der Waals surface area contributed by atoms with Crippen molar-refractivity contribution in [1.82, 2.24) is 29.7 Å². The molecule has 4 aromatic rings. The molecular weight excluding hydrogens is 985 g/mol. The Labute approximate surface area is 431 Å². The Morgan fingerprint density at radius 3 is 1.49 bits per heavy atom. The van der Waals surface area contributed by atoms with Crippen molar-refractivity contribution in [3.63, 3.8) is 0 Å². The van der Waals surface area contributed by atoms with E-state index in [1.54, 1.807) is 25.0 Å². The van der Waals surface area contributed by atoms with E-state index in [1.807, 2.05) is 45.5 Å². The van der Waals surface area contributed by atoms with Gasteiger partial charge in [-0.15, -0.1) is 0 Å². The number of carbonyl (C=O) groups is 2. The van der Waals surface area contributed by atoms with Gasteiger partial charge in [-0.25, -0.2) is 8.42 Å². The predicted molar refractivity (Wildman–Crippen MR) is 285 cm³/mol. The van der Waals surface area contributed by atoms with E-state index in [2.05, 4.69) is 57.3 Å². The summed E-state index contributed by atoms with van der Waals surface area (Å²) in [6.45, 7) is 12.0. The lowest BCUT2D eigenvalue weighted by Crippen LogP contribution is -2.29. The quantitative estimate of drug-likeness (QED) is 0.0191. The van der Waals surface area contributed by atoms with Gasteiger partial charge in [0.1, 0.15) is 0 Å². The number of ether oxygens (including phenoxy) is 2. The number of benzene rings is 2. The van der Waals surface area contributed by atoms with E-state index in [9.17, 15) is 38.2 Å². The van der Waals surface area contributed by atoms with Crippen LogP contribution in [-0.2, 0) is 55.1 Å². The molecule has 1 atom stereocenters. The summed E-state index contributed by atoms with van der Waals surface area (Å²) in [7, 11) is 6.93. The Bertz CT molecular complexity index is 2530. The molecule has 388 valence electrons. The number of rotatable bonds is 22. The van der Waals surface area contributed by atoms with Gasteiger partial charge in [-0.05, 0) is 94.2 Å². The Balaban J connectivity index is 0.000000356. The maximum atomic E-state index is 12.1. The van der Waals surface area contributed by atoms with E-state index < -0.39 is 42.3 Å². The van der Waals surface area contributed by atoms with E-state index in [4.69, 9.17) is 20.9 Å². The highest BCUT2D eigenvalue weighted by molar-refractivity contribution is 7.98. The van der Waals surface area contributed by atoms with Crippen LogP contribution in [0, 0.1) is 20.2 Å². The molecule has 2 fully saturated rings. The molecule has 0 aliphatic carbocycles. The van der Waals surface area contributed by atoms with Gasteiger partial charge < -0.3 is 30.7 Å². The molecule has 27 heteroatoms. The van der Waals surface area contributed by atoms with Crippen molar-refractivity contribution >= 4 is 92.7 Å². The highest BCUT2D eigenvalue weighted by atomic mass is 32.2. The van der Waals surface area contributed by atoms with Crippen LogP contribution in [0.4, 0.5) is 34.6 Å². The molecule has 0 bridgehead atoms. The van der Waals surface area contributed by atoms with Crippen molar-refractivity contribution in [1.29, 1.82) is 0 Å². The minimum Gasteiger partial charge on any atom is -0.466 e. The van der Waals surface area contributed by atoms with Gasteiger partial charge >= 0.3 is 23.3 Å². The third-order valence-electron chi connectivity index (χ3n) is 10.9. The molecule has 4 heterocycles.